The van der Waals surface area contributed by atoms with Crippen LogP contribution in [0.4, 0.5) is 0 Å². The van der Waals surface area contributed by atoms with Crippen molar-refractivity contribution in [1.82, 2.24) is 0 Å². The third-order valence-electron chi connectivity index (χ3n) is 5.41. The van der Waals surface area contributed by atoms with Gasteiger partial charge in [0.15, 0.2) is 6.29 Å². The van der Waals surface area contributed by atoms with Crippen LogP contribution in [0, 0.1) is 5.41 Å². The van der Waals surface area contributed by atoms with E-state index in [0.717, 1.165) is 0 Å². The van der Waals surface area contributed by atoms with E-state index >= 15 is 0 Å². The van der Waals surface area contributed by atoms with Crippen LogP contribution in [-0.2, 0) is 14.2 Å². The van der Waals surface area contributed by atoms with Crippen molar-refractivity contribution >= 4 is 0 Å². The molecule has 0 saturated carbocycles. The number of hydrogen-bond donors (Lipinski definition) is 12. The van der Waals surface area contributed by atoms with E-state index in [1.54, 1.807) is 0 Å². The maximum Gasteiger partial charge on any atom is 0.224 e. The fourth-order valence-corrected chi connectivity index (χ4v) is 2.93. The number of rotatable bonds is 9. The van der Waals surface area contributed by atoms with Crippen molar-refractivity contribution in [2.24, 2.45) is 5.41 Å². The van der Waals surface area contributed by atoms with E-state index < -0.39 is 106 Å². The van der Waals surface area contributed by atoms with Crippen molar-refractivity contribution in [3.05, 3.63) is 0 Å². The lowest BCUT2D eigenvalue weighted by molar-refractivity contribution is -0.383. The van der Waals surface area contributed by atoms with Gasteiger partial charge in [0, 0.05) is 0 Å². The largest absolute Gasteiger partial charge is 0.396 e. The smallest absolute Gasteiger partial charge is 0.224 e. The van der Waals surface area contributed by atoms with Crippen LogP contribution in [-0.4, -0.2) is 162 Å². The van der Waals surface area contributed by atoms with Gasteiger partial charge in [0.1, 0.15) is 49.3 Å². The predicted octanol–water partition coefficient (Wildman–Crippen LogP) is -7.45. The van der Waals surface area contributed by atoms with E-state index in [9.17, 15) is 30.6 Å². The van der Waals surface area contributed by atoms with Gasteiger partial charge in [-0.2, -0.15) is 0 Å². The Morgan fingerprint density at radius 1 is 0.656 bits per heavy atom. The molecule has 0 unspecified atom stereocenters. The fraction of sp³-hybridized carbons (Fsp3) is 1.00. The zero-order valence-corrected chi connectivity index (χ0v) is 17.2. The van der Waals surface area contributed by atoms with E-state index in [2.05, 4.69) is 0 Å². The minimum absolute atomic E-state index is 0.406. The molecule has 0 radical (unpaired) electrons. The molecule has 0 bridgehead atoms. The molecule has 15 nitrogen and oxygen atoms in total. The number of hydrogen-bond acceptors (Lipinski definition) is 15. The summed E-state index contributed by atoms with van der Waals surface area (Å²) < 4.78 is 15.4. The number of aliphatic hydroxyl groups excluding tert-OH is 12. The molecule has 2 aliphatic rings. The molecule has 2 rings (SSSR count). The summed E-state index contributed by atoms with van der Waals surface area (Å²) >= 11 is 0. The van der Waals surface area contributed by atoms with Crippen LogP contribution in [0.1, 0.15) is 0 Å². The van der Waals surface area contributed by atoms with Crippen LogP contribution in [0.25, 0.3) is 0 Å². The second kappa shape index (κ2) is 12.7. The summed E-state index contributed by atoms with van der Waals surface area (Å²) in [7, 11) is 0. The van der Waals surface area contributed by atoms with Crippen LogP contribution in [0.5, 0.6) is 0 Å². The first-order valence-electron chi connectivity index (χ1n) is 9.73. The monoisotopic (exact) mass is 478 g/mol. The Morgan fingerprint density at radius 3 is 1.50 bits per heavy atom. The second-order valence-corrected chi connectivity index (χ2v) is 7.69. The highest BCUT2D eigenvalue weighted by molar-refractivity contribution is 4.98. The number of aliphatic hydroxyl groups is 12. The second-order valence-electron chi connectivity index (χ2n) is 7.69. The van der Waals surface area contributed by atoms with Gasteiger partial charge in [-0.05, 0) is 0 Å². The third kappa shape index (κ3) is 6.09. The minimum atomic E-state index is -2.22. The summed E-state index contributed by atoms with van der Waals surface area (Å²) in [4.78, 5) is 0. The van der Waals surface area contributed by atoms with Gasteiger partial charge in [0.2, 0.25) is 5.79 Å². The first-order valence-corrected chi connectivity index (χ1v) is 9.73. The molecule has 2 saturated heterocycles. The molecule has 2 fully saturated rings. The van der Waals surface area contributed by atoms with Crippen molar-refractivity contribution in [2.45, 2.75) is 54.8 Å². The molecular formula is C17H34O15. The highest BCUT2D eigenvalue weighted by Gasteiger charge is 2.58. The predicted molar refractivity (Wildman–Crippen MR) is 99.4 cm³/mol. The molecule has 192 valence electrons. The Labute approximate surface area is 182 Å². The van der Waals surface area contributed by atoms with Crippen LogP contribution >= 0.6 is 0 Å². The third-order valence-corrected chi connectivity index (χ3v) is 5.41. The topological polar surface area (TPSA) is 270 Å². The quantitative estimate of drug-likeness (QED) is 0.147. The summed E-state index contributed by atoms with van der Waals surface area (Å²) in [5.41, 5.74) is -1.11. The standard InChI is InChI=1S/C12H22O11.C5H12O4/c13-1-4-6(16)8(18)9(19)11(21-4)23-12(3-15)10(20)7(17)5(2-14)22-12;6-1-5(2-7,3-8)4-9/h4-11,13-20H,1-3H2;6-9H,1-4H2/t4-,5-,6-,7-,8+,9-,10+,11-,12+;/m1./s1. The molecule has 2 heterocycles. The van der Waals surface area contributed by atoms with Crippen molar-refractivity contribution < 1.29 is 75.5 Å². The van der Waals surface area contributed by atoms with Crippen LogP contribution < -0.4 is 0 Å². The Hall–Kier alpha value is -0.600. The molecule has 2 aliphatic heterocycles. The molecule has 12 N–H and O–H groups in total. The van der Waals surface area contributed by atoms with Gasteiger partial charge in [-0.25, -0.2) is 0 Å². The molecule has 0 aromatic carbocycles. The van der Waals surface area contributed by atoms with Gasteiger partial charge in [-0.3, -0.25) is 0 Å². The molecule has 32 heavy (non-hydrogen) atoms. The highest BCUT2D eigenvalue weighted by Crippen LogP contribution is 2.35. The summed E-state index contributed by atoms with van der Waals surface area (Å²) in [5.74, 6) is -2.22. The van der Waals surface area contributed by atoms with Gasteiger partial charge < -0.3 is 75.5 Å². The first kappa shape index (κ1) is 29.4. The average molecular weight is 478 g/mol. The van der Waals surface area contributed by atoms with Crippen LogP contribution in [0.15, 0.2) is 0 Å². The average Bonchev–Trinajstić information content (AvgIpc) is 3.06. The maximum absolute atomic E-state index is 10.00. The van der Waals surface area contributed by atoms with E-state index in [1.165, 1.54) is 0 Å². The maximum atomic E-state index is 10.00. The van der Waals surface area contributed by atoms with Crippen LogP contribution in [0.2, 0.25) is 0 Å². The minimum Gasteiger partial charge on any atom is -0.396 e. The Bertz CT molecular complexity index is 515. The van der Waals surface area contributed by atoms with Crippen molar-refractivity contribution in [3.8, 4) is 0 Å². The van der Waals surface area contributed by atoms with Gasteiger partial charge in [-0.15, -0.1) is 0 Å². The Balaban J connectivity index is 0.000000482. The number of ether oxygens (including phenoxy) is 3. The zero-order valence-electron chi connectivity index (χ0n) is 17.2. The molecule has 0 aromatic heterocycles. The van der Waals surface area contributed by atoms with Crippen LogP contribution in [0.3, 0.4) is 0 Å². The molecule has 0 amide bonds. The van der Waals surface area contributed by atoms with E-state index in [0.29, 0.717) is 0 Å². The van der Waals surface area contributed by atoms with Crippen molar-refractivity contribution in [1.29, 1.82) is 0 Å². The molecule has 9 atom stereocenters. The van der Waals surface area contributed by atoms with Gasteiger partial charge in [-0.1, -0.05) is 0 Å². The van der Waals surface area contributed by atoms with Crippen molar-refractivity contribution in [3.63, 3.8) is 0 Å². The zero-order chi connectivity index (χ0) is 24.7. The normalized spacial score (nSPS) is 40.1. The molecular weight excluding hydrogens is 444 g/mol. The highest BCUT2D eigenvalue weighted by atomic mass is 16.8. The summed E-state index contributed by atoms with van der Waals surface area (Å²) in [6, 6.07) is 0. The lowest BCUT2D eigenvalue weighted by Gasteiger charge is -2.43. The molecule has 0 aliphatic carbocycles. The summed E-state index contributed by atoms with van der Waals surface area (Å²) in [5, 5.41) is 111. The SMILES string of the molecule is OCC(CO)(CO)CO.OC[C@H]1O[C@@](CO)(O[C@H]2O[C@H](CO)[C@@H](O)[C@H](O)[C@H]2O)[C@@H](O)[C@@H]1O. The van der Waals surface area contributed by atoms with Gasteiger partial charge in [0.25, 0.3) is 0 Å². The lowest BCUT2D eigenvalue weighted by Crippen LogP contribution is -2.62. The Morgan fingerprint density at radius 2 is 1.16 bits per heavy atom. The van der Waals surface area contributed by atoms with Gasteiger partial charge >= 0.3 is 0 Å². The van der Waals surface area contributed by atoms with Gasteiger partial charge in [0.05, 0.1) is 45.1 Å². The van der Waals surface area contributed by atoms with E-state index in [1.807, 2.05) is 0 Å². The molecule has 0 spiro atoms. The first-order chi connectivity index (χ1) is 15.0. The van der Waals surface area contributed by atoms with Crippen molar-refractivity contribution in [2.75, 3.05) is 46.2 Å². The molecule has 15 heteroatoms. The molecule has 0 aromatic rings. The lowest BCUT2D eigenvalue weighted by atomic mass is 9.93. The summed E-state index contributed by atoms with van der Waals surface area (Å²) in [6.07, 6.45) is -12.7. The van der Waals surface area contributed by atoms with E-state index in [-0.39, 0.29) is 0 Å². The van der Waals surface area contributed by atoms with E-state index in [4.69, 9.17) is 44.8 Å². The fourth-order valence-electron chi connectivity index (χ4n) is 2.93. The Kier molecular flexibility index (Phi) is 11.7. The summed E-state index contributed by atoms with van der Waals surface area (Å²) in [6.45, 7) is -3.95.